The Morgan fingerprint density at radius 2 is 2.12 bits per heavy atom. The van der Waals surface area contributed by atoms with E-state index < -0.39 is 0 Å². The maximum atomic E-state index is 12.5. The molecular formula is C18H18N4O2S. The number of carbonyl (C=O) groups excluding carboxylic acids is 1. The summed E-state index contributed by atoms with van der Waals surface area (Å²) in [5, 5.41) is 15.2. The number of nitrogens with zero attached hydrogens (tertiary/aromatic N) is 3. The van der Waals surface area contributed by atoms with Gasteiger partial charge in [0.05, 0.1) is 5.92 Å². The summed E-state index contributed by atoms with van der Waals surface area (Å²) < 4.78 is 5.84. The fourth-order valence-electron chi connectivity index (χ4n) is 2.99. The van der Waals surface area contributed by atoms with E-state index in [2.05, 4.69) is 15.5 Å². The number of carbonyl (C=O) groups is 1. The van der Waals surface area contributed by atoms with Crippen LogP contribution in [-0.2, 0) is 0 Å². The summed E-state index contributed by atoms with van der Waals surface area (Å²) in [5.74, 6) is 1.23. The smallest absolute Gasteiger partial charge is 0.321 e. The Bertz CT molecular complexity index is 832. The number of anilines is 1. The molecule has 1 unspecified atom stereocenters. The molecule has 3 heterocycles. The summed E-state index contributed by atoms with van der Waals surface area (Å²) in [6.07, 6.45) is 1.86. The number of hydrogen-bond donors (Lipinski definition) is 1. The van der Waals surface area contributed by atoms with Crippen LogP contribution in [0.25, 0.3) is 11.5 Å². The van der Waals surface area contributed by atoms with E-state index in [1.165, 1.54) is 0 Å². The molecule has 0 spiro atoms. The predicted molar refractivity (Wildman–Crippen MR) is 96.6 cm³/mol. The fraction of sp³-hybridized carbons (Fsp3) is 0.278. The Morgan fingerprint density at radius 1 is 1.24 bits per heavy atom. The van der Waals surface area contributed by atoms with Gasteiger partial charge in [-0.1, -0.05) is 18.2 Å². The summed E-state index contributed by atoms with van der Waals surface area (Å²) >= 11 is 1.60. The van der Waals surface area contributed by atoms with Gasteiger partial charge in [0.2, 0.25) is 11.8 Å². The number of hydrogen-bond acceptors (Lipinski definition) is 5. The van der Waals surface area contributed by atoms with Crippen LogP contribution in [0.2, 0.25) is 0 Å². The molecule has 2 aromatic heterocycles. The summed E-state index contributed by atoms with van der Waals surface area (Å²) in [5.41, 5.74) is 1.74. The normalized spacial score (nSPS) is 17.4. The van der Waals surface area contributed by atoms with Crippen molar-refractivity contribution >= 4 is 23.1 Å². The second-order valence-corrected chi connectivity index (χ2v) is 6.82. The van der Waals surface area contributed by atoms with E-state index in [9.17, 15) is 4.79 Å². The van der Waals surface area contributed by atoms with Gasteiger partial charge < -0.3 is 14.6 Å². The fourth-order valence-corrected chi connectivity index (χ4v) is 3.62. The van der Waals surface area contributed by atoms with Gasteiger partial charge in [0.25, 0.3) is 0 Å². The maximum absolute atomic E-state index is 12.5. The Hall–Kier alpha value is -2.67. The van der Waals surface area contributed by atoms with E-state index in [4.69, 9.17) is 4.42 Å². The molecule has 3 aromatic rings. The second kappa shape index (κ2) is 7.06. The number of benzene rings is 1. The number of thiophene rings is 1. The molecule has 7 heteroatoms. The Labute approximate surface area is 149 Å². The van der Waals surface area contributed by atoms with Crippen LogP contribution in [0.3, 0.4) is 0 Å². The first kappa shape index (κ1) is 15.8. The lowest BCUT2D eigenvalue weighted by Crippen LogP contribution is -2.41. The Kier molecular flexibility index (Phi) is 4.47. The Balaban J connectivity index is 1.43. The zero-order valence-electron chi connectivity index (χ0n) is 13.6. The molecule has 1 N–H and O–H groups in total. The molecule has 2 amide bonds. The van der Waals surface area contributed by atoms with E-state index in [0.717, 1.165) is 30.6 Å². The molecule has 4 rings (SSSR count). The monoisotopic (exact) mass is 354 g/mol. The number of para-hydroxylation sites is 1. The number of amides is 2. The number of nitrogens with one attached hydrogen (secondary N) is 1. The highest BCUT2D eigenvalue weighted by molar-refractivity contribution is 7.08. The van der Waals surface area contributed by atoms with Crippen molar-refractivity contribution < 1.29 is 9.21 Å². The number of piperidine rings is 1. The third kappa shape index (κ3) is 3.56. The predicted octanol–water partition coefficient (Wildman–Crippen LogP) is 4.21. The first-order valence-corrected chi connectivity index (χ1v) is 9.21. The zero-order chi connectivity index (χ0) is 17.1. The van der Waals surface area contributed by atoms with Crippen LogP contribution in [0.4, 0.5) is 10.5 Å². The van der Waals surface area contributed by atoms with Crippen LogP contribution in [0.15, 0.2) is 51.6 Å². The lowest BCUT2D eigenvalue weighted by molar-refractivity contribution is 0.187. The molecule has 1 fully saturated rings. The van der Waals surface area contributed by atoms with Crippen LogP contribution < -0.4 is 5.32 Å². The van der Waals surface area contributed by atoms with Gasteiger partial charge in [-0.05, 0) is 36.4 Å². The van der Waals surface area contributed by atoms with Crippen molar-refractivity contribution in [1.29, 1.82) is 0 Å². The molecule has 0 saturated carbocycles. The minimum atomic E-state index is -0.0894. The van der Waals surface area contributed by atoms with Crippen LogP contribution in [-0.4, -0.2) is 34.2 Å². The van der Waals surface area contributed by atoms with E-state index in [-0.39, 0.29) is 11.9 Å². The molecule has 1 saturated heterocycles. The van der Waals surface area contributed by atoms with Gasteiger partial charge in [0, 0.05) is 29.7 Å². The number of rotatable bonds is 3. The van der Waals surface area contributed by atoms with E-state index in [0.29, 0.717) is 18.3 Å². The van der Waals surface area contributed by atoms with Gasteiger partial charge in [0.15, 0.2) is 0 Å². The molecule has 0 aliphatic carbocycles. The number of likely N-dealkylation sites (tertiary alicyclic amines) is 1. The molecule has 25 heavy (non-hydrogen) atoms. The minimum absolute atomic E-state index is 0.0789. The summed E-state index contributed by atoms with van der Waals surface area (Å²) in [6, 6.07) is 11.4. The van der Waals surface area contributed by atoms with Gasteiger partial charge >= 0.3 is 6.03 Å². The maximum Gasteiger partial charge on any atom is 0.321 e. The summed E-state index contributed by atoms with van der Waals surface area (Å²) in [4.78, 5) is 14.3. The van der Waals surface area contributed by atoms with Crippen molar-refractivity contribution in [2.45, 2.75) is 18.8 Å². The first-order valence-electron chi connectivity index (χ1n) is 8.26. The second-order valence-electron chi connectivity index (χ2n) is 6.04. The van der Waals surface area contributed by atoms with Crippen molar-refractivity contribution in [3.8, 4) is 11.5 Å². The lowest BCUT2D eigenvalue weighted by Gasteiger charge is -2.31. The van der Waals surface area contributed by atoms with Gasteiger partial charge in [-0.15, -0.1) is 10.2 Å². The lowest BCUT2D eigenvalue weighted by atomic mass is 9.98. The van der Waals surface area contributed by atoms with Crippen LogP contribution in [0, 0.1) is 0 Å². The van der Waals surface area contributed by atoms with Crippen molar-refractivity contribution in [3.63, 3.8) is 0 Å². The highest BCUT2D eigenvalue weighted by Crippen LogP contribution is 2.29. The zero-order valence-corrected chi connectivity index (χ0v) is 14.4. The van der Waals surface area contributed by atoms with E-state index >= 15 is 0 Å². The number of urea groups is 1. The van der Waals surface area contributed by atoms with E-state index in [1.54, 1.807) is 11.3 Å². The van der Waals surface area contributed by atoms with E-state index in [1.807, 2.05) is 52.1 Å². The molecule has 0 radical (unpaired) electrons. The average molecular weight is 354 g/mol. The molecule has 6 nitrogen and oxygen atoms in total. The van der Waals surface area contributed by atoms with Gasteiger partial charge in [-0.25, -0.2) is 4.79 Å². The van der Waals surface area contributed by atoms with Crippen molar-refractivity contribution in [1.82, 2.24) is 15.1 Å². The van der Waals surface area contributed by atoms with Gasteiger partial charge in [-0.3, -0.25) is 0 Å². The van der Waals surface area contributed by atoms with Crippen LogP contribution >= 0.6 is 11.3 Å². The topological polar surface area (TPSA) is 71.3 Å². The molecule has 1 aliphatic heterocycles. The molecule has 1 aliphatic rings. The van der Waals surface area contributed by atoms with Crippen LogP contribution in [0.1, 0.15) is 24.7 Å². The molecule has 128 valence electrons. The molecule has 0 bridgehead atoms. The minimum Gasteiger partial charge on any atom is -0.420 e. The highest BCUT2D eigenvalue weighted by Gasteiger charge is 2.28. The van der Waals surface area contributed by atoms with Crippen molar-refractivity contribution in [2.75, 3.05) is 18.4 Å². The van der Waals surface area contributed by atoms with Crippen molar-refractivity contribution in [2.24, 2.45) is 0 Å². The standard InChI is InChI=1S/C18H18N4O2S/c23-18(19-15-6-2-1-3-7-15)22-9-4-5-13(11-22)16-20-21-17(24-16)14-8-10-25-12-14/h1-3,6-8,10,12-13H,4-5,9,11H2,(H,19,23). The van der Waals surface area contributed by atoms with Gasteiger partial charge in [-0.2, -0.15) is 11.3 Å². The third-order valence-corrected chi connectivity index (χ3v) is 4.97. The quantitative estimate of drug-likeness (QED) is 0.765. The summed E-state index contributed by atoms with van der Waals surface area (Å²) in [7, 11) is 0. The van der Waals surface area contributed by atoms with Crippen molar-refractivity contribution in [3.05, 3.63) is 53.0 Å². The third-order valence-electron chi connectivity index (χ3n) is 4.29. The highest BCUT2D eigenvalue weighted by atomic mass is 32.1. The van der Waals surface area contributed by atoms with Crippen LogP contribution in [0.5, 0.6) is 0 Å². The average Bonchev–Trinajstić information content (AvgIpc) is 3.34. The molecular weight excluding hydrogens is 336 g/mol. The molecule has 1 aromatic carbocycles. The Morgan fingerprint density at radius 3 is 2.92 bits per heavy atom. The molecule has 1 atom stereocenters. The SMILES string of the molecule is O=C(Nc1ccccc1)N1CCCC(c2nnc(-c3ccsc3)o2)C1. The summed E-state index contributed by atoms with van der Waals surface area (Å²) in [6.45, 7) is 1.32. The number of aromatic nitrogens is 2. The first-order chi connectivity index (χ1) is 12.3. The van der Waals surface area contributed by atoms with Gasteiger partial charge in [0.1, 0.15) is 0 Å². The largest absolute Gasteiger partial charge is 0.420 e.